The van der Waals surface area contributed by atoms with Gasteiger partial charge in [-0.3, -0.25) is 9.78 Å². The Labute approximate surface area is 115 Å². The van der Waals surface area contributed by atoms with Gasteiger partial charge in [0.15, 0.2) is 0 Å². The second-order valence-electron chi connectivity index (χ2n) is 4.73. The summed E-state index contributed by atoms with van der Waals surface area (Å²) in [5, 5.41) is 12.4. The molecule has 2 N–H and O–H groups in total. The van der Waals surface area contributed by atoms with Crippen molar-refractivity contribution in [3.63, 3.8) is 0 Å². The van der Waals surface area contributed by atoms with Crippen LogP contribution < -0.4 is 5.32 Å². The Hall–Kier alpha value is -0.940. The molecule has 0 aromatic carbocycles. The van der Waals surface area contributed by atoms with Crippen molar-refractivity contribution in [2.45, 2.75) is 25.8 Å². The molecule has 0 spiro atoms. The van der Waals surface area contributed by atoms with E-state index in [-0.39, 0.29) is 11.8 Å². The molecule has 1 aliphatic rings. The van der Waals surface area contributed by atoms with Crippen molar-refractivity contribution in [3.05, 3.63) is 28.5 Å². The molecule has 0 amide bonds. The number of rotatable bonds is 5. The smallest absolute Gasteiger partial charge is 0.306 e. The molecule has 1 aromatic rings. The fraction of sp³-hybridized carbons (Fsp3) is 0.538. The van der Waals surface area contributed by atoms with Gasteiger partial charge >= 0.3 is 5.97 Å². The minimum absolute atomic E-state index is 0.171. The van der Waals surface area contributed by atoms with Crippen LogP contribution in [0.2, 0.25) is 0 Å². The van der Waals surface area contributed by atoms with Crippen LogP contribution in [0, 0.1) is 11.8 Å². The lowest BCUT2D eigenvalue weighted by Crippen LogP contribution is -2.28. The standard InChI is InChI=1S/C13H17BrN2O2/c14-10-4-5-11(16-7-10)8-15-6-9-2-1-3-12(9)13(17)18/h4-5,7,9,12,15H,1-3,6,8H2,(H,17,18). The predicted molar refractivity (Wildman–Crippen MR) is 72.1 cm³/mol. The lowest BCUT2D eigenvalue weighted by molar-refractivity contribution is -0.142. The van der Waals surface area contributed by atoms with Crippen molar-refractivity contribution in [1.29, 1.82) is 0 Å². The number of nitrogens with one attached hydrogen (secondary N) is 1. The van der Waals surface area contributed by atoms with Crippen molar-refractivity contribution >= 4 is 21.9 Å². The molecule has 0 saturated heterocycles. The molecule has 1 aromatic heterocycles. The lowest BCUT2D eigenvalue weighted by atomic mass is 9.96. The van der Waals surface area contributed by atoms with E-state index in [4.69, 9.17) is 5.11 Å². The van der Waals surface area contributed by atoms with Gasteiger partial charge < -0.3 is 10.4 Å². The van der Waals surface area contributed by atoms with Crippen LogP contribution >= 0.6 is 15.9 Å². The molecule has 0 radical (unpaired) electrons. The number of hydrogen-bond donors (Lipinski definition) is 2. The van der Waals surface area contributed by atoms with Gasteiger partial charge in [-0.05, 0) is 53.4 Å². The Bertz CT molecular complexity index is 408. The summed E-state index contributed by atoms with van der Waals surface area (Å²) < 4.78 is 0.966. The minimum Gasteiger partial charge on any atom is -0.481 e. The van der Waals surface area contributed by atoms with E-state index in [1.54, 1.807) is 6.20 Å². The Kier molecular flexibility index (Phi) is 4.72. The monoisotopic (exact) mass is 312 g/mol. The van der Waals surface area contributed by atoms with E-state index in [9.17, 15) is 4.79 Å². The van der Waals surface area contributed by atoms with Crippen LogP contribution in [0.3, 0.4) is 0 Å². The fourth-order valence-electron chi connectivity index (χ4n) is 2.50. The molecule has 98 valence electrons. The molecule has 18 heavy (non-hydrogen) atoms. The molecule has 2 atom stereocenters. The zero-order valence-electron chi connectivity index (χ0n) is 10.1. The van der Waals surface area contributed by atoms with Gasteiger partial charge in [0, 0.05) is 17.2 Å². The van der Waals surface area contributed by atoms with Crippen molar-refractivity contribution < 1.29 is 9.90 Å². The number of pyridine rings is 1. The second kappa shape index (κ2) is 6.29. The molecular weight excluding hydrogens is 296 g/mol. The van der Waals surface area contributed by atoms with Crippen LogP contribution in [-0.2, 0) is 11.3 Å². The van der Waals surface area contributed by atoms with Gasteiger partial charge in [0.2, 0.25) is 0 Å². The van der Waals surface area contributed by atoms with Crippen molar-refractivity contribution in [1.82, 2.24) is 10.3 Å². The number of aromatic nitrogens is 1. The second-order valence-corrected chi connectivity index (χ2v) is 5.65. The number of carboxylic acids is 1. The number of hydrogen-bond acceptors (Lipinski definition) is 3. The number of halogens is 1. The summed E-state index contributed by atoms with van der Waals surface area (Å²) in [6.07, 6.45) is 4.63. The summed E-state index contributed by atoms with van der Waals surface area (Å²) in [5.41, 5.74) is 0.975. The Morgan fingerprint density at radius 3 is 3.00 bits per heavy atom. The topological polar surface area (TPSA) is 62.2 Å². The fourth-order valence-corrected chi connectivity index (χ4v) is 2.74. The average Bonchev–Trinajstić information content (AvgIpc) is 2.80. The maximum absolute atomic E-state index is 11.0. The molecular formula is C13H17BrN2O2. The molecule has 1 heterocycles. The van der Waals surface area contributed by atoms with Gasteiger partial charge in [0.05, 0.1) is 11.6 Å². The van der Waals surface area contributed by atoms with E-state index in [1.807, 2.05) is 12.1 Å². The van der Waals surface area contributed by atoms with Crippen LogP contribution in [-0.4, -0.2) is 22.6 Å². The van der Waals surface area contributed by atoms with E-state index in [2.05, 4.69) is 26.2 Å². The average molecular weight is 313 g/mol. The Balaban J connectivity index is 1.78. The normalized spacial score (nSPS) is 23.2. The van der Waals surface area contributed by atoms with Gasteiger partial charge in [0.25, 0.3) is 0 Å². The predicted octanol–water partition coefficient (Wildman–Crippen LogP) is 2.43. The number of carbonyl (C=O) groups is 1. The van der Waals surface area contributed by atoms with Gasteiger partial charge in [-0.1, -0.05) is 6.42 Å². The maximum Gasteiger partial charge on any atom is 0.306 e. The first-order valence-electron chi connectivity index (χ1n) is 6.21. The summed E-state index contributed by atoms with van der Waals surface area (Å²) in [7, 11) is 0. The first kappa shape index (κ1) is 13.5. The molecule has 2 rings (SSSR count). The van der Waals surface area contributed by atoms with E-state index in [0.717, 1.165) is 36.0 Å². The molecule has 1 aliphatic carbocycles. The Morgan fingerprint density at radius 2 is 2.33 bits per heavy atom. The van der Waals surface area contributed by atoms with Crippen molar-refractivity contribution in [2.24, 2.45) is 11.8 Å². The van der Waals surface area contributed by atoms with Gasteiger partial charge in [0.1, 0.15) is 0 Å². The van der Waals surface area contributed by atoms with Crippen LogP contribution in [0.1, 0.15) is 25.0 Å². The van der Waals surface area contributed by atoms with Gasteiger partial charge in [-0.2, -0.15) is 0 Å². The third kappa shape index (κ3) is 3.53. The molecule has 0 aliphatic heterocycles. The first-order valence-corrected chi connectivity index (χ1v) is 7.00. The van der Waals surface area contributed by atoms with Crippen LogP contribution in [0.5, 0.6) is 0 Å². The highest BCUT2D eigenvalue weighted by atomic mass is 79.9. The molecule has 2 unspecified atom stereocenters. The first-order chi connectivity index (χ1) is 8.66. The van der Waals surface area contributed by atoms with E-state index in [0.29, 0.717) is 6.54 Å². The Morgan fingerprint density at radius 1 is 1.50 bits per heavy atom. The molecule has 0 bridgehead atoms. The quantitative estimate of drug-likeness (QED) is 0.876. The zero-order valence-corrected chi connectivity index (χ0v) is 11.7. The third-order valence-corrected chi connectivity index (χ3v) is 3.95. The zero-order chi connectivity index (χ0) is 13.0. The molecule has 4 nitrogen and oxygen atoms in total. The summed E-state index contributed by atoms with van der Waals surface area (Å²) in [5.74, 6) is -0.561. The van der Waals surface area contributed by atoms with Crippen molar-refractivity contribution in [2.75, 3.05) is 6.54 Å². The molecule has 1 saturated carbocycles. The summed E-state index contributed by atoms with van der Waals surface area (Å²) >= 11 is 3.34. The van der Waals surface area contributed by atoms with Crippen LogP contribution in [0.15, 0.2) is 22.8 Å². The molecule has 5 heteroatoms. The summed E-state index contributed by atoms with van der Waals surface area (Å²) in [6, 6.07) is 3.92. The molecule has 1 fully saturated rings. The van der Waals surface area contributed by atoms with Crippen LogP contribution in [0.4, 0.5) is 0 Å². The van der Waals surface area contributed by atoms with Gasteiger partial charge in [-0.25, -0.2) is 0 Å². The van der Waals surface area contributed by atoms with Gasteiger partial charge in [-0.15, -0.1) is 0 Å². The third-order valence-electron chi connectivity index (χ3n) is 3.48. The maximum atomic E-state index is 11.0. The highest BCUT2D eigenvalue weighted by Gasteiger charge is 2.32. The minimum atomic E-state index is -0.652. The summed E-state index contributed by atoms with van der Waals surface area (Å²) in [6.45, 7) is 1.45. The van der Waals surface area contributed by atoms with E-state index >= 15 is 0 Å². The van der Waals surface area contributed by atoms with Crippen LogP contribution in [0.25, 0.3) is 0 Å². The number of aliphatic carboxylic acids is 1. The summed E-state index contributed by atoms with van der Waals surface area (Å²) in [4.78, 5) is 15.3. The highest BCUT2D eigenvalue weighted by molar-refractivity contribution is 9.10. The number of nitrogens with zero attached hydrogens (tertiary/aromatic N) is 1. The number of carboxylic acid groups (broad SMARTS) is 1. The highest BCUT2D eigenvalue weighted by Crippen LogP contribution is 2.31. The largest absolute Gasteiger partial charge is 0.481 e. The van der Waals surface area contributed by atoms with Crippen molar-refractivity contribution in [3.8, 4) is 0 Å². The van der Waals surface area contributed by atoms with E-state index < -0.39 is 5.97 Å². The SMILES string of the molecule is O=C(O)C1CCCC1CNCc1ccc(Br)cn1. The lowest BCUT2D eigenvalue weighted by Gasteiger charge is -2.16. The van der Waals surface area contributed by atoms with E-state index in [1.165, 1.54) is 0 Å².